The fourth-order valence-electron chi connectivity index (χ4n) is 3.82. The summed E-state index contributed by atoms with van der Waals surface area (Å²) in [6.45, 7) is 3.72. The highest BCUT2D eigenvalue weighted by Gasteiger charge is 2.22. The van der Waals surface area contributed by atoms with Gasteiger partial charge in [0.25, 0.3) is 10.0 Å². The fraction of sp³-hybridized carbons (Fsp3) is 0.273. The third-order valence-corrected chi connectivity index (χ3v) is 6.82. The van der Waals surface area contributed by atoms with Crippen LogP contribution in [0.25, 0.3) is 10.8 Å². The molecule has 1 saturated heterocycles. The monoisotopic (exact) mass is 467 g/mol. The van der Waals surface area contributed by atoms with E-state index in [2.05, 4.69) is 21.6 Å². The van der Waals surface area contributed by atoms with Crippen molar-refractivity contribution in [3.05, 3.63) is 66.2 Å². The first kappa shape index (κ1) is 23.2. The molecule has 1 fully saturated rings. The molecule has 4 rings (SSSR count). The predicted octanol–water partition coefficient (Wildman–Crippen LogP) is 4.48. The van der Waals surface area contributed by atoms with Crippen molar-refractivity contribution < 1.29 is 17.2 Å². The molecule has 1 N–H and O–H groups in total. The van der Waals surface area contributed by atoms with Crippen LogP contribution in [-0.4, -0.2) is 46.5 Å². The smallest absolute Gasteiger partial charge is 0.262 e. The van der Waals surface area contributed by atoms with Crippen LogP contribution < -0.4 is 9.62 Å². The number of likely N-dealkylation sites (N-methyl/N-ethyl adjacent to an activating group) is 1. The van der Waals surface area contributed by atoms with Gasteiger partial charge in [0.2, 0.25) is 0 Å². The Balaban J connectivity index is 0.00000272. The zero-order valence-corrected chi connectivity index (χ0v) is 18.6. The number of hydrogen-bond acceptors (Lipinski definition) is 4. The van der Waals surface area contributed by atoms with E-state index in [1.165, 1.54) is 6.07 Å². The normalized spacial score (nSPS) is 15.4. The molecule has 0 unspecified atom stereocenters. The molecule has 0 radical (unpaired) electrons. The Morgan fingerprint density at radius 2 is 1.61 bits per heavy atom. The molecular weight excluding hydrogens is 444 g/mol. The first-order valence-electron chi connectivity index (χ1n) is 9.78. The van der Waals surface area contributed by atoms with Crippen LogP contribution in [0.3, 0.4) is 0 Å². The maximum absolute atomic E-state index is 13.5. The lowest BCUT2D eigenvalue weighted by molar-refractivity contribution is 0.360. The number of anilines is 2. The lowest BCUT2D eigenvalue weighted by atomic mass is 10.1. The highest BCUT2D eigenvalue weighted by atomic mass is 35.5. The summed E-state index contributed by atoms with van der Waals surface area (Å²) in [5, 5.41) is 1.43. The quantitative estimate of drug-likeness (QED) is 0.614. The second kappa shape index (κ2) is 9.38. The van der Waals surface area contributed by atoms with Gasteiger partial charge in [0.1, 0.15) is 0 Å². The molecule has 3 aromatic rings. The Kier molecular flexibility index (Phi) is 7.03. The summed E-state index contributed by atoms with van der Waals surface area (Å²) in [7, 11) is -1.90. The number of hydrogen-bond donors (Lipinski definition) is 1. The van der Waals surface area contributed by atoms with Gasteiger partial charge in [0.05, 0.1) is 10.6 Å². The predicted molar refractivity (Wildman–Crippen MR) is 123 cm³/mol. The molecular formula is C22H24ClF2N3O2S. The number of rotatable bonds is 4. The second-order valence-electron chi connectivity index (χ2n) is 7.51. The van der Waals surface area contributed by atoms with Gasteiger partial charge in [-0.3, -0.25) is 4.72 Å². The summed E-state index contributed by atoms with van der Waals surface area (Å²) >= 11 is 0. The molecule has 0 bridgehead atoms. The molecule has 1 heterocycles. The number of nitrogens with zero attached hydrogens (tertiary/aromatic N) is 2. The Labute approximate surface area is 187 Å². The van der Waals surface area contributed by atoms with Gasteiger partial charge in [0, 0.05) is 42.2 Å². The third-order valence-electron chi connectivity index (χ3n) is 5.38. The van der Waals surface area contributed by atoms with Crippen LogP contribution in [0.2, 0.25) is 0 Å². The summed E-state index contributed by atoms with van der Waals surface area (Å²) in [5.41, 5.74) is 0.963. The zero-order valence-electron chi connectivity index (χ0n) is 17.0. The van der Waals surface area contributed by atoms with Gasteiger partial charge in [-0.05, 0) is 44.3 Å². The van der Waals surface area contributed by atoms with Crippen molar-refractivity contribution in [2.75, 3.05) is 42.8 Å². The largest absolute Gasteiger partial charge is 0.370 e. The number of fused-ring (bicyclic) bond motifs is 1. The van der Waals surface area contributed by atoms with E-state index in [1.807, 2.05) is 18.2 Å². The lowest BCUT2D eigenvalue weighted by Gasteiger charge is -2.25. The van der Waals surface area contributed by atoms with Crippen molar-refractivity contribution in [2.45, 2.75) is 11.3 Å². The minimum atomic E-state index is -4.00. The van der Waals surface area contributed by atoms with Gasteiger partial charge in [-0.1, -0.05) is 24.3 Å². The molecule has 166 valence electrons. The average molecular weight is 468 g/mol. The van der Waals surface area contributed by atoms with Crippen LogP contribution in [-0.2, 0) is 10.0 Å². The van der Waals surface area contributed by atoms with Crippen molar-refractivity contribution in [3.63, 3.8) is 0 Å². The molecule has 3 aromatic carbocycles. The third kappa shape index (κ3) is 4.92. The van der Waals surface area contributed by atoms with Gasteiger partial charge < -0.3 is 9.80 Å². The van der Waals surface area contributed by atoms with E-state index < -0.39 is 21.7 Å². The molecule has 0 atom stereocenters. The number of nitrogens with one attached hydrogen (secondary N) is 1. The Bertz CT molecular complexity index is 1190. The summed E-state index contributed by atoms with van der Waals surface area (Å²) in [6, 6.07) is 13.7. The van der Waals surface area contributed by atoms with Crippen molar-refractivity contribution in [1.29, 1.82) is 0 Å². The molecule has 0 saturated carbocycles. The zero-order chi connectivity index (χ0) is 21.3. The summed E-state index contributed by atoms with van der Waals surface area (Å²) in [5.74, 6) is -2.14. The minimum absolute atomic E-state index is 0. The first-order valence-corrected chi connectivity index (χ1v) is 11.3. The summed E-state index contributed by atoms with van der Waals surface area (Å²) in [6.07, 6.45) is 1.03. The lowest BCUT2D eigenvalue weighted by Crippen LogP contribution is -2.29. The molecule has 0 amide bonds. The van der Waals surface area contributed by atoms with E-state index in [9.17, 15) is 17.2 Å². The Morgan fingerprint density at radius 3 is 2.35 bits per heavy atom. The molecule has 31 heavy (non-hydrogen) atoms. The van der Waals surface area contributed by atoms with E-state index in [1.54, 1.807) is 18.2 Å². The van der Waals surface area contributed by atoms with Crippen molar-refractivity contribution in [3.8, 4) is 0 Å². The van der Waals surface area contributed by atoms with E-state index in [0.717, 1.165) is 55.8 Å². The fourth-order valence-corrected chi connectivity index (χ4v) is 5.08. The molecule has 5 nitrogen and oxygen atoms in total. The van der Waals surface area contributed by atoms with Crippen LogP contribution in [0.1, 0.15) is 6.42 Å². The topological polar surface area (TPSA) is 52.7 Å². The summed E-state index contributed by atoms with van der Waals surface area (Å²) < 4.78 is 55.1. The minimum Gasteiger partial charge on any atom is -0.370 e. The Morgan fingerprint density at radius 1 is 0.871 bits per heavy atom. The molecule has 0 aromatic heterocycles. The van der Waals surface area contributed by atoms with Crippen LogP contribution >= 0.6 is 12.4 Å². The summed E-state index contributed by atoms with van der Waals surface area (Å²) in [4.78, 5) is 4.66. The second-order valence-corrected chi connectivity index (χ2v) is 9.16. The van der Waals surface area contributed by atoms with E-state index in [-0.39, 0.29) is 23.0 Å². The van der Waals surface area contributed by atoms with Gasteiger partial charge >= 0.3 is 0 Å². The van der Waals surface area contributed by atoms with E-state index >= 15 is 0 Å². The Hall–Kier alpha value is -2.42. The van der Waals surface area contributed by atoms with E-state index in [0.29, 0.717) is 5.39 Å². The van der Waals surface area contributed by atoms with Crippen LogP contribution in [0, 0.1) is 11.6 Å². The molecule has 1 aliphatic heterocycles. The number of benzene rings is 3. The van der Waals surface area contributed by atoms with Crippen LogP contribution in [0.15, 0.2) is 59.5 Å². The van der Waals surface area contributed by atoms with Gasteiger partial charge in [-0.15, -0.1) is 12.4 Å². The van der Waals surface area contributed by atoms with Crippen LogP contribution in [0.5, 0.6) is 0 Å². The standard InChI is InChI=1S/C22H23F2N3O2S.ClH/c1-26-11-4-12-27(14-13-26)21-9-10-22(18-6-3-2-5-17(18)21)30(28,29)25-16-7-8-19(23)20(24)15-16;/h2-3,5-10,15,25H,4,11-14H2,1H3;1H. The molecule has 0 aliphatic carbocycles. The first-order chi connectivity index (χ1) is 14.3. The van der Waals surface area contributed by atoms with Gasteiger partial charge in [-0.2, -0.15) is 0 Å². The molecule has 9 heteroatoms. The maximum atomic E-state index is 13.5. The van der Waals surface area contributed by atoms with Crippen molar-refractivity contribution in [2.24, 2.45) is 0 Å². The highest BCUT2D eigenvalue weighted by molar-refractivity contribution is 7.93. The van der Waals surface area contributed by atoms with Gasteiger partial charge in [-0.25, -0.2) is 17.2 Å². The average Bonchev–Trinajstić information content (AvgIpc) is 2.94. The molecule has 0 spiro atoms. The maximum Gasteiger partial charge on any atom is 0.262 e. The van der Waals surface area contributed by atoms with Crippen molar-refractivity contribution >= 4 is 44.6 Å². The highest BCUT2D eigenvalue weighted by Crippen LogP contribution is 2.33. The number of sulfonamides is 1. The molecule has 1 aliphatic rings. The number of halogens is 3. The van der Waals surface area contributed by atoms with Gasteiger partial charge in [0.15, 0.2) is 11.6 Å². The van der Waals surface area contributed by atoms with Crippen LogP contribution in [0.4, 0.5) is 20.2 Å². The SMILES string of the molecule is CN1CCCN(c2ccc(S(=O)(=O)Nc3ccc(F)c(F)c3)c3ccccc23)CC1.Cl. The van der Waals surface area contributed by atoms with Crippen molar-refractivity contribution in [1.82, 2.24) is 4.90 Å². The van der Waals surface area contributed by atoms with E-state index in [4.69, 9.17) is 0 Å².